The molecule has 1 heterocycles. The molecule has 1 saturated carbocycles. The molecule has 0 bridgehead atoms. The van der Waals surface area contributed by atoms with Gasteiger partial charge in [-0.25, -0.2) is 0 Å². The van der Waals surface area contributed by atoms with Crippen LogP contribution in [0.15, 0.2) is 4.99 Å². The number of guanidine groups is 1. The molecule has 0 aromatic carbocycles. The Morgan fingerprint density at radius 3 is 2.17 bits per heavy atom. The van der Waals surface area contributed by atoms with Gasteiger partial charge in [0.2, 0.25) is 0 Å². The van der Waals surface area contributed by atoms with Gasteiger partial charge in [-0.2, -0.15) is 0 Å². The maximum absolute atomic E-state index is 5.73. The maximum Gasteiger partial charge on any atom is 0.193 e. The van der Waals surface area contributed by atoms with Crippen molar-refractivity contribution in [3.8, 4) is 0 Å². The highest BCUT2D eigenvalue weighted by Crippen LogP contribution is 2.30. The Bertz CT molecular complexity index is 335. The van der Waals surface area contributed by atoms with Crippen molar-refractivity contribution in [2.24, 2.45) is 16.8 Å². The number of nitrogens with one attached hydrogen (secondary N) is 1. The fourth-order valence-corrected chi connectivity index (χ4v) is 3.88. The van der Waals surface area contributed by atoms with Crippen LogP contribution in [0, 0.1) is 11.8 Å². The van der Waals surface area contributed by atoms with Crippen LogP contribution in [0.2, 0.25) is 0 Å². The van der Waals surface area contributed by atoms with Gasteiger partial charge in [0.05, 0.1) is 6.10 Å². The van der Waals surface area contributed by atoms with Crippen molar-refractivity contribution >= 4 is 29.9 Å². The van der Waals surface area contributed by atoms with Crippen LogP contribution >= 0.6 is 24.0 Å². The second-order valence-corrected chi connectivity index (χ2v) is 6.86. The molecular formula is C18H36IN3O. The summed E-state index contributed by atoms with van der Waals surface area (Å²) in [5.74, 6) is 2.90. The highest BCUT2D eigenvalue weighted by molar-refractivity contribution is 14.0. The first kappa shape index (κ1) is 21.0. The molecule has 0 radical (unpaired) electrons. The van der Waals surface area contributed by atoms with E-state index in [1.807, 2.05) is 7.05 Å². The molecule has 0 atom stereocenters. The Morgan fingerprint density at radius 1 is 1.04 bits per heavy atom. The largest absolute Gasteiger partial charge is 0.378 e. The molecule has 2 fully saturated rings. The molecule has 0 aromatic heterocycles. The summed E-state index contributed by atoms with van der Waals surface area (Å²) in [4.78, 5) is 6.88. The highest BCUT2D eigenvalue weighted by Gasteiger charge is 2.23. The molecule has 1 N–H and O–H groups in total. The predicted molar refractivity (Wildman–Crippen MR) is 109 cm³/mol. The second kappa shape index (κ2) is 11.5. The van der Waals surface area contributed by atoms with E-state index in [2.05, 4.69) is 29.1 Å². The van der Waals surface area contributed by atoms with Crippen molar-refractivity contribution in [2.45, 2.75) is 64.9 Å². The van der Waals surface area contributed by atoms with Gasteiger partial charge in [0.15, 0.2) is 5.96 Å². The maximum atomic E-state index is 5.73. The van der Waals surface area contributed by atoms with Crippen LogP contribution in [0.5, 0.6) is 0 Å². The molecule has 23 heavy (non-hydrogen) atoms. The van der Waals surface area contributed by atoms with Crippen molar-refractivity contribution in [1.29, 1.82) is 0 Å². The third-order valence-electron chi connectivity index (χ3n) is 5.45. The van der Waals surface area contributed by atoms with Gasteiger partial charge in [0, 0.05) is 33.3 Å². The van der Waals surface area contributed by atoms with E-state index in [4.69, 9.17) is 4.74 Å². The molecule has 136 valence electrons. The van der Waals surface area contributed by atoms with Crippen LogP contribution < -0.4 is 5.32 Å². The Hall–Kier alpha value is -0.0400. The summed E-state index contributed by atoms with van der Waals surface area (Å²) in [6.07, 6.45) is 9.65. The Labute approximate surface area is 159 Å². The van der Waals surface area contributed by atoms with Gasteiger partial charge < -0.3 is 15.0 Å². The van der Waals surface area contributed by atoms with E-state index in [0.717, 1.165) is 56.9 Å². The summed E-state index contributed by atoms with van der Waals surface area (Å²) in [6, 6.07) is 0. The summed E-state index contributed by atoms with van der Waals surface area (Å²) in [5, 5.41) is 3.62. The number of piperidine rings is 1. The fraction of sp³-hybridized carbons (Fsp3) is 0.944. The SMILES string of the molecule is CCOC1CCN(C(=NC)NCC2CCC(CC)CC2)CC1.I. The number of halogens is 1. The monoisotopic (exact) mass is 437 g/mol. The Kier molecular flexibility index (Phi) is 10.5. The van der Waals surface area contributed by atoms with E-state index in [1.165, 1.54) is 32.1 Å². The fourth-order valence-electron chi connectivity index (χ4n) is 3.88. The van der Waals surface area contributed by atoms with Crippen molar-refractivity contribution < 1.29 is 4.74 Å². The molecular weight excluding hydrogens is 401 g/mol. The van der Waals surface area contributed by atoms with Gasteiger partial charge >= 0.3 is 0 Å². The molecule has 4 nitrogen and oxygen atoms in total. The first-order valence-corrected chi connectivity index (χ1v) is 9.34. The highest BCUT2D eigenvalue weighted by atomic mass is 127. The summed E-state index contributed by atoms with van der Waals surface area (Å²) in [7, 11) is 1.91. The number of ether oxygens (including phenoxy) is 1. The molecule has 2 rings (SSSR count). The molecule has 0 amide bonds. The van der Waals surface area contributed by atoms with Crippen molar-refractivity contribution in [3.63, 3.8) is 0 Å². The smallest absolute Gasteiger partial charge is 0.193 e. The molecule has 0 spiro atoms. The first-order chi connectivity index (χ1) is 10.8. The van der Waals surface area contributed by atoms with Crippen LogP contribution in [0.4, 0.5) is 0 Å². The molecule has 2 aliphatic rings. The standard InChI is InChI=1S/C18H35N3O.HI/c1-4-15-6-8-16(9-7-15)14-20-18(19-3)21-12-10-17(11-13-21)22-5-2;/h15-17H,4-14H2,1-3H3,(H,19,20);1H. The van der Waals surface area contributed by atoms with Gasteiger partial charge in [-0.1, -0.05) is 26.2 Å². The number of likely N-dealkylation sites (tertiary alicyclic amines) is 1. The third-order valence-corrected chi connectivity index (χ3v) is 5.45. The molecule has 1 saturated heterocycles. The van der Waals surface area contributed by atoms with Gasteiger partial charge in [0.25, 0.3) is 0 Å². The lowest BCUT2D eigenvalue weighted by atomic mass is 9.81. The van der Waals surface area contributed by atoms with Crippen LogP contribution in [0.25, 0.3) is 0 Å². The van der Waals surface area contributed by atoms with E-state index in [1.54, 1.807) is 0 Å². The zero-order valence-corrected chi connectivity index (χ0v) is 17.6. The number of hydrogen-bond acceptors (Lipinski definition) is 2. The van der Waals surface area contributed by atoms with Crippen LogP contribution in [-0.4, -0.2) is 50.3 Å². The normalized spacial score (nSPS) is 26.7. The summed E-state index contributed by atoms with van der Waals surface area (Å²) in [5.41, 5.74) is 0. The molecule has 5 heteroatoms. The van der Waals surface area contributed by atoms with E-state index in [9.17, 15) is 0 Å². The van der Waals surface area contributed by atoms with Gasteiger partial charge in [0.1, 0.15) is 0 Å². The minimum absolute atomic E-state index is 0. The van der Waals surface area contributed by atoms with E-state index in [0.29, 0.717) is 6.10 Å². The lowest BCUT2D eigenvalue weighted by Gasteiger charge is -2.35. The molecule has 0 aromatic rings. The Morgan fingerprint density at radius 2 is 1.65 bits per heavy atom. The van der Waals surface area contributed by atoms with Crippen LogP contribution in [0.1, 0.15) is 58.8 Å². The quantitative estimate of drug-likeness (QED) is 0.403. The molecule has 1 aliphatic heterocycles. The minimum Gasteiger partial charge on any atom is -0.378 e. The van der Waals surface area contributed by atoms with E-state index >= 15 is 0 Å². The zero-order valence-electron chi connectivity index (χ0n) is 15.2. The Balaban J connectivity index is 0.00000264. The van der Waals surface area contributed by atoms with Gasteiger partial charge in [-0.15, -0.1) is 24.0 Å². The summed E-state index contributed by atoms with van der Waals surface area (Å²) >= 11 is 0. The van der Waals surface area contributed by atoms with Gasteiger partial charge in [-0.3, -0.25) is 4.99 Å². The topological polar surface area (TPSA) is 36.9 Å². The zero-order chi connectivity index (χ0) is 15.8. The van der Waals surface area contributed by atoms with E-state index in [-0.39, 0.29) is 24.0 Å². The lowest BCUT2D eigenvalue weighted by Crippen LogP contribution is -2.48. The number of aliphatic imine (C=N–C) groups is 1. The number of rotatable bonds is 5. The second-order valence-electron chi connectivity index (χ2n) is 6.86. The summed E-state index contributed by atoms with van der Waals surface area (Å²) in [6.45, 7) is 8.46. The van der Waals surface area contributed by atoms with Crippen molar-refractivity contribution in [3.05, 3.63) is 0 Å². The van der Waals surface area contributed by atoms with Crippen LogP contribution in [-0.2, 0) is 4.74 Å². The molecule has 1 aliphatic carbocycles. The average molecular weight is 437 g/mol. The molecule has 0 unspecified atom stereocenters. The summed E-state index contributed by atoms with van der Waals surface area (Å²) < 4.78 is 5.73. The number of nitrogens with zero attached hydrogens (tertiary/aromatic N) is 2. The minimum atomic E-state index is 0. The average Bonchev–Trinajstić information content (AvgIpc) is 2.57. The predicted octanol–water partition coefficient (Wildman–Crippen LogP) is 3.90. The van der Waals surface area contributed by atoms with E-state index < -0.39 is 0 Å². The first-order valence-electron chi connectivity index (χ1n) is 9.34. The third kappa shape index (κ3) is 6.77. The van der Waals surface area contributed by atoms with Gasteiger partial charge in [-0.05, 0) is 44.4 Å². The number of hydrogen-bond donors (Lipinski definition) is 1. The lowest BCUT2D eigenvalue weighted by molar-refractivity contribution is 0.0263. The van der Waals surface area contributed by atoms with Crippen LogP contribution in [0.3, 0.4) is 0 Å². The van der Waals surface area contributed by atoms with Crippen molar-refractivity contribution in [2.75, 3.05) is 33.3 Å². The van der Waals surface area contributed by atoms with Crippen molar-refractivity contribution in [1.82, 2.24) is 10.2 Å².